The molecule has 0 radical (unpaired) electrons. The number of hydrogen-bond acceptors (Lipinski definition) is 3. The van der Waals surface area contributed by atoms with Crippen molar-refractivity contribution in [2.75, 3.05) is 13.1 Å². The van der Waals surface area contributed by atoms with Crippen LogP contribution >= 0.6 is 0 Å². The van der Waals surface area contributed by atoms with E-state index in [0.29, 0.717) is 19.6 Å². The van der Waals surface area contributed by atoms with E-state index in [2.05, 4.69) is 34.5 Å². The van der Waals surface area contributed by atoms with Gasteiger partial charge in [-0.2, -0.15) is 0 Å². The summed E-state index contributed by atoms with van der Waals surface area (Å²) in [6, 6.07) is 20.2. The van der Waals surface area contributed by atoms with Crippen LogP contribution in [-0.2, 0) is 17.9 Å². The normalized spacial score (nSPS) is 12.1. The van der Waals surface area contributed by atoms with Crippen molar-refractivity contribution >= 4 is 5.91 Å². The van der Waals surface area contributed by atoms with Crippen molar-refractivity contribution in [1.82, 2.24) is 10.2 Å². The minimum absolute atomic E-state index is 0.0715. The zero-order chi connectivity index (χ0) is 16.5. The summed E-state index contributed by atoms with van der Waals surface area (Å²) in [5, 5.41) is 12.0. The highest BCUT2D eigenvalue weighted by Crippen LogP contribution is 2.09. The molecule has 1 amide bonds. The van der Waals surface area contributed by atoms with Crippen molar-refractivity contribution in [3.8, 4) is 0 Å². The molecule has 0 spiro atoms. The number of aliphatic hydroxyl groups excluding tert-OH is 1. The molecule has 0 aliphatic rings. The first kappa shape index (κ1) is 17.2. The van der Waals surface area contributed by atoms with E-state index in [1.807, 2.05) is 36.4 Å². The molecule has 4 nitrogen and oxygen atoms in total. The Kier molecular flexibility index (Phi) is 6.78. The van der Waals surface area contributed by atoms with Gasteiger partial charge in [0.25, 0.3) is 0 Å². The number of benzene rings is 2. The minimum atomic E-state index is -0.532. The van der Waals surface area contributed by atoms with Crippen LogP contribution in [0.1, 0.15) is 18.1 Å². The Morgan fingerprint density at radius 2 is 1.48 bits per heavy atom. The van der Waals surface area contributed by atoms with E-state index >= 15 is 0 Å². The lowest BCUT2D eigenvalue weighted by Gasteiger charge is -2.22. The van der Waals surface area contributed by atoms with Gasteiger partial charge < -0.3 is 10.4 Å². The van der Waals surface area contributed by atoms with Crippen LogP contribution < -0.4 is 5.32 Å². The highest BCUT2D eigenvalue weighted by Gasteiger charge is 2.12. The summed E-state index contributed by atoms with van der Waals surface area (Å²) >= 11 is 0. The first-order valence-electron chi connectivity index (χ1n) is 7.88. The van der Waals surface area contributed by atoms with Gasteiger partial charge in [-0.1, -0.05) is 60.7 Å². The molecular weight excluding hydrogens is 288 g/mol. The molecule has 0 bridgehead atoms. The van der Waals surface area contributed by atoms with Crippen LogP contribution in [0.3, 0.4) is 0 Å². The monoisotopic (exact) mass is 312 g/mol. The van der Waals surface area contributed by atoms with Gasteiger partial charge in [0.2, 0.25) is 5.91 Å². The fraction of sp³-hybridized carbons (Fsp3) is 0.316. The molecule has 4 heteroatoms. The molecule has 0 aliphatic carbocycles. The van der Waals surface area contributed by atoms with Gasteiger partial charge in [-0.05, 0) is 18.1 Å². The van der Waals surface area contributed by atoms with Crippen LogP contribution in [0.4, 0.5) is 0 Å². The third-order valence-electron chi connectivity index (χ3n) is 3.46. The summed E-state index contributed by atoms with van der Waals surface area (Å²) in [7, 11) is 0. The van der Waals surface area contributed by atoms with E-state index in [-0.39, 0.29) is 12.5 Å². The number of aliphatic hydroxyl groups is 1. The molecule has 2 N–H and O–H groups in total. The van der Waals surface area contributed by atoms with E-state index in [4.69, 9.17) is 0 Å². The standard InChI is InChI=1S/C19H24N2O2/c1-16(22)12-20-19(23)15-21(13-17-8-4-2-5-9-17)14-18-10-6-3-7-11-18/h2-11,16,22H,12-15H2,1H3,(H,20,23). The van der Waals surface area contributed by atoms with Crippen molar-refractivity contribution in [2.24, 2.45) is 0 Å². The number of nitrogens with one attached hydrogen (secondary N) is 1. The topological polar surface area (TPSA) is 52.6 Å². The van der Waals surface area contributed by atoms with Gasteiger partial charge >= 0.3 is 0 Å². The van der Waals surface area contributed by atoms with Crippen molar-refractivity contribution in [3.05, 3.63) is 71.8 Å². The molecule has 1 unspecified atom stereocenters. The molecule has 0 saturated carbocycles. The third kappa shape index (κ3) is 6.63. The van der Waals surface area contributed by atoms with Crippen molar-refractivity contribution in [1.29, 1.82) is 0 Å². The summed E-state index contributed by atoms with van der Waals surface area (Å²) in [6.07, 6.45) is -0.532. The Morgan fingerprint density at radius 3 is 1.91 bits per heavy atom. The van der Waals surface area contributed by atoms with Crippen LogP contribution in [0, 0.1) is 0 Å². The largest absolute Gasteiger partial charge is 0.392 e. The molecule has 2 aromatic carbocycles. The van der Waals surface area contributed by atoms with Crippen LogP contribution in [0.15, 0.2) is 60.7 Å². The number of carbonyl (C=O) groups excluding carboxylic acids is 1. The summed E-state index contributed by atoms with van der Waals surface area (Å²) in [5.41, 5.74) is 2.35. The lowest BCUT2D eigenvalue weighted by Crippen LogP contribution is -2.39. The van der Waals surface area contributed by atoms with Gasteiger partial charge in [-0.25, -0.2) is 0 Å². The maximum atomic E-state index is 12.1. The summed E-state index contributed by atoms with van der Waals surface area (Å²) < 4.78 is 0. The average Bonchev–Trinajstić information content (AvgIpc) is 2.55. The predicted octanol–water partition coefficient (Wildman–Crippen LogP) is 2.19. The molecule has 23 heavy (non-hydrogen) atoms. The van der Waals surface area contributed by atoms with E-state index in [1.165, 1.54) is 11.1 Å². The van der Waals surface area contributed by atoms with Gasteiger partial charge in [-0.15, -0.1) is 0 Å². The average molecular weight is 312 g/mol. The van der Waals surface area contributed by atoms with E-state index < -0.39 is 6.10 Å². The van der Waals surface area contributed by atoms with E-state index in [9.17, 15) is 9.90 Å². The predicted molar refractivity (Wildman–Crippen MR) is 91.7 cm³/mol. The highest BCUT2D eigenvalue weighted by molar-refractivity contribution is 5.78. The first-order chi connectivity index (χ1) is 11.1. The first-order valence-corrected chi connectivity index (χ1v) is 7.88. The van der Waals surface area contributed by atoms with Crippen LogP contribution in [0.25, 0.3) is 0 Å². The Labute approximate surface area is 137 Å². The molecule has 0 fully saturated rings. The second-order valence-corrected chi connectivity index (χ2v) is 5.77. The zero-order valence-electron chi connectivity index (χ0n) is 13.5. The smallest absolute Gasteiger partial charge is 0.234 e. The maximum Gasteiger partial charge on any atom is 0.234 e. The van der Waals surface area contributed by atoms with Crippen LogP contribution in [0.5, 0.6) is 0 Å². The van der Waals surface area contributed by atoms with E-state index in [0.717, 1.165) is 0 Å². The van der Waals surface area contributed by atoms with Crippen molar-refractivity contribution in [2.45, 2.75) is 26.1 Å². The van der Waals surface area contributed by atoms with Gasteiger partial charge in [-0.3, -0.25) is 9.69 Å². The summed E-state index contributed by atoms with van der Waals surface area (Å²) in [6.45, 7) is 3.65. The Balaban J connectivity index is 2.00. The second kappa shape index (κ2) is 9.08. The summed E-state index contributed by atoms with van der Waals surface area (Å²) in [5.74, 6) is -0.0715. The Hall–Kier alpha value is -2.17. The van der Waals surface area contributed by atoms with Crippen molar-refractivity contribution in [3.63, 3.8) is 0 Å². The number of rotatable bonds is 8. The number of amides is 1. The lowest BCUT2D eigenvalue weighted by molar-refractivity contribution is -0.122. The fourth-order valence-electron chi connectivity index (χ4n) is 2.37. The maximum absolute atomic E-state index is 12.1. The molecule has 2 aromatic rings. The summed E-state index contributed by atoms with van der Waals surface area (Å²) in [4.78, 5) is 14.2. The van der Waals surface area contributed by atoms with E-state index in [1.54, 1.807) is 6.92 Å². The Morgan fingerprint density at radius 1 is 1.00 bits per heavy atom. The van der Waals surface area contributed by atoms with Gasteiger partial charge in [0.05, 0.1) is 12.6 Å². The van der Waals surface area contributed by atoms with Gasteiger partial charge in [0.1, 0.15) is 0 Å². The van der Waals surface area contributed by atoms with Crippen molar-refractivity contribution < 1.29 is 9.90 Å². The lowest BCUT2D eigenvalue weighted by atomic mass is 10.1. The number of carbonyl (C=O) groups is 1. The molecule has 0 aromatic heterocycles. The third-order valence-corrected chi connectivity index (χ3v) is 3.46. The molecule has 2 rings (SSSR count). The fourth-order valence-corrected chi connectivity index (χ4v) is 2.37. The molecule has 122 valence electrons. The van der Waals surface area contributed by atoms with Crippen LogP contribution in [-0.4, -0.2) is 35.1 Å². The zero-order valence-corrected chi connectivity index (χ0v) is 13.5. The quantitative estimate of drug-likeness (QED) is 0.785. The molecule has 0 saturated heterocycles. The highest BCUT2D eigenvalue weighted by atomic mass is 16.3. The SMILES string of the molecule is CC(O)CNC(=O)CN(Cc1ccccc1)Cc1ccccc1. The molecular formula is C19H24N2O2. The van der Waals surface area contributed by atoms with Gasteiger partial charge in [0.15, 0.2) is 0 Å². The van der Waals surface area contributed by atoms with Gasteiger partial charge in [0, 0.05) is 19.6 Å². The molecule has 0 aliphatic heterocycles. The second-order valence-electron chi connectivity index (χ2n) is 5.77. The van der Waals surface area contributed by atoms with Crippen LogP contribution in [0.2, 0.25) is 0 Å². The number of nitrogens with zero attached hydrogens (tertiary/aromatic N) is 1. The Bertz CT molecular complexity index is 543. The number of hydrogen-bond donors (Lipinski definition) is 2. The molecule has 1 atom stereocenters. The minimum Gasteiger partial charge on any atom is -0.392 e. The molecule has 0 heterocycles.